The van der Waals surface area contributed by atoms with Crippen molar-refractivity contribution in [1.29, 1.82) is 0 Å². The monoisotopic (exact) mass is 254 g/mol. The molecule has 0 unspecified atom stereocenters. The minimum atomic E-state index is 0. The van der Waals surface area contributed by atoms with Crippen LogP contribution in [0.5, 0.6) is 0 Å². The molecule has 0 aromatic heterocycles. The van der Waals surface area contributed by atoms with E-state index in [1.54, 1.807) is 0 Å². The fourth-order valence-electron chi connectivity index (χ4n) is 0.671. The Bertz CT molecular complexity index is 228. The average Bonchev–Trinajstić information content (AvgIpc) is 2.57. The average molecular weight is 256 g/mol. The molecule has 60 valence electrons. The summed E-state index contributed by atoms with van der Waals surface area (Å²) in [6, 6.07) is 17.5. The normalized spacial score (nSPS) is 7.75. The van der Waals surface area contributed by atoms with E-state index in [1.165, 1.54) is 0 Å². The summed E-state index contributed by atoms with van der Waals surface area (Å²) in [4.78, 5) is 0. The molecule has 0 amide bonds. The Kier molecular flexibility index (Phi) is 7.44. The topological polar surface area (TPSA) is 0 Å². The molecule has 0 saturated carbocycles. The van der Waals surface area contributed by atoms with Crippen molar-refractivity contribution in [1.82, 2.24) is 0 Å². The number of rotatable bonds is 0. The molecule has 0 radical (unpaired) electrons. The van der Waals surface area contributed by atoms with Crippen molar-refractivity contribution in [2.45, 2.75) is 0 Å². The van der Waals surface area contributed by atoms with Crippen molar-refractivity contribution in [3.8, 4) is 0 Å². The van der Waals surface area contributed by atoms with Gasteiger partial charge in [-0.3, -0.25) is 0 Å². The summed E-state index contributed by atoms with van der Waals surface area (Å²) in [6.07, 6.45) is 0. The number of hydrogen-bond acceptors (Lipinski definition) is 0. The van der Waals surface area contributed by atoms with Gasteiger partial charge in [0, 0.05) is 0 Å². The molecule has 0 aliphatic heterocycles. The van der Waals surface area contributed by atoms with E-state index in [-0.39, 0.29) is 26.2 Å². The predicted octanol–water partition coefficient (Wildman–Crippen LogP) is 3.46. The zero-order chi connectivity index (χ0) is 7.94. The molecule has 0 atom stereocenters. The molecule has 0 N–H and O–H groups in total. The van der Waals surface area contributed by atoms with E-state index in [9.17, 15) is 0 Å². The molecular weight excluding hydrogens is 247 g/mol. The molecule has 0 fully saturated rings. The summed E-state index contributed by atoms with van der Waals surface area (Å²) >= 11 is 5.46. The smallest absolute Gasteiger partial charge is 0.214 e. The van der Waals surface area contributed by atoms with Gasteiger partial charge in [0.25, 0.3) is 0 Å². The predicted molar refractivity (Wildman–Crippen MR) is 49.1 cm³/mol. The molecule has 2 heteroatoms. The zero-order valence-electron chi connectivity index (χ0n) is 6.57. The van der Waals surface area contributed by atoms with Gasteiger partial charge in [-0.2, -0.15) is 36.4 Å². The number of hydrogen-bond donors (Lipinski definition) is 0. The van der Waals surface area contributed by atoms with Crippen LogP contribution in [0.25, 0.3) is 0 Å². The van der Waals surface area contributed by atoms with Gasteiger partial charge >= 0.3 is 26.2 Å². The van der Waals surface area contributed by atoms with Crippen LogP contribution in [0.1, 0.15) is 0 Å². The van der Waals surface area contributed by atoms with E-state index >= 15 is 0 Å². The van der Waals surface area contributed by atoms with Crippen LogP contribution >= 0.6 is 11.6 Å². The van der Waals surface area contributed by atoms with Crippen LogP contribution in [0.4, 0.5) is 0 Å². The van der Waals surface area contributed by atoms with Crippen molar-refractivity contribution < 1.29 is 26.2 Å². The van der Waals surface area contributed by atoms with Crippen LogP contribution < -0.4 is 0 Å². The summed E-state index contributed by atoms with van der Waals surface area (Å²) in [5.41, 5.74) is 0. The van der Waals surface area contributed by atoms with Gasteiger partial charge in [-0.05, 0) is 0 Å². The van der Waals surface area contributed by atoms with Crippen molar-refractivity contribution in [2.24, 2.45) is 0 Å². The van der Waals surface area contributed by atoms with E-state index in [1.807, 2.05) is 54.6 Å². The molecular formula is C10H9ClZr. The molecule has 0 bridgehead atoms. The van der Waals surface area contributed by atoms with E-state index in [4.69, 9.17) is 11.6 Å². The van der Waals surface area contributed by atoms with Crippen molar-refractivity contribution in [2.75, 3.05) is 0 Å². The standard InChI is InChI=1S/C5H4Cl.C5H5.Zr/c6-5-3-1-2-4-5;1-2-4-5-3-1;/h1-4H;1-5H;/q2*-1;+2. The van der Waals surface area contributed by atoms with E-state index < -0.39 is 0 Å². The molecule has 2 rings (SSSR count). The number of halogens is 1. The molecule has 2 aromatic rings. The SMILES string of the molecule is Clc1ccc[cH-]1.[Zr+2].c1cc[cH-]c1. The van der Waals surface area contributed by atoms with Gasteiger partial charge in [0.15, 0.2) is 0 Å². The van der Waals surface area contributed by atoms with Gasteiger partial charge in [-0.25, -0.2) is 18.2 Å². The van der Waals surface area contributed by atoms with Gasteiger partial charge in [0.2, 0.25) is 0 Å². The first-order valence-corrected chi connectivity index (χ1v) is 3.81. The quantitative estimate of drug-likeness (QED) is 0.633. The third kappa shape index (κ3) is 5.51. The van der Waals surface area contributed by atoms with Gasteiger partial charge in [0.1, 0.15) is 0 Å². The summed E-state index contributed by atoms with van der Waals surface area (Å²) in [7, 11) is 0. The second kappa shape index (κ2) is 7.52. The van der Waals surface area contributed by atoms with Gasteiger partial charge in [-0.1, -0.05) is 5.02 Å². The van der Waals surface area contributed by atoms with Crippen LogP contribution in [-0.4, -0.2) is 0 Å². The van der Waals surface area contributed by atoms with Crippen molar-refractivity contribution >= 4 is 11.6 Å². The molecule has 0 nitrogen and oxygen atoms in total. The van der Waals surface area contributed by atoms with Crippen LogP contribution in [-0.2, 0) is 26.2 Å². The molecule has 0 saturated heterocycles. The second-order valence-electron chi connectivity index (χ2n) is 2.07. The Morgan fingerprint density at radius 2 is 1.67 bits per heavy atom. The van der Waals surface area contributed by atoms with Crippen LogP contribution in [0.15, 0.2) is 54.6 Å². The fraction of sp³-hybridized carbons (Fsp3) is 0. The van der Waals surface area contributed by atoms with E-state index in [2.05, 4.69) is 0 Å². The Morgan fingerprint density at radius 1 is 1.00 bits per heavy atom. The third-order valence-electron chi connectivity index (χ3n) is 1.18. The molecule has 0 heterocycles. The summed E-state index contributed by atoms with van der Waals surface area (Å²) in [5, 5.41) is 0.815. The Balaban J connectivity index is 0.000000189. The first-order chi connectivity index (χ1) is 5.39. The second-order valence-corrected chi connectivity index (χ2v) is 2.50. The molecule has 0 aliphatic rings. The molecule has 0 aliphatic carbocycles. The Hall–Kier alpha value is -0.127. The van der Waals surface area contributed by atoms with E-state index in [0.717, 1.165) is 5.02 Å². The largest absolute Gasteiger partial charge is 2.00 e. The summed E-state index contributed by atoms with van der Waals surface area (Å²) in [5.74, 6) is 0. The van der Waals surface area contributed by atoms with Crippen LogP contribution in [0.2, 0.25) is 5.02 Å². The van der Waals surface area contributed by atoms with Crippen molar-refractivity contribution in [3.05, 3.63) is 59.6 Å². The maximum atomic E-state index is 5.46. The van der Waals surface area contributed by atoms with Gasteiger partial charge in [-0.15, -0.1) is 11.6 Å². The fourth-order valence-corrected chi connectivity index (χ4v) is 0.817. The van der Waals surface area contributed by atoms with Gasteiger partial charge < -0.3 is 0 Å². The van der Waals surface area contributed by atoms with Crippen LogP contribution in [0.3, 0.4) is 0 Å². The van der Waals surface area contributed by atoms with Crippen molar-refractivity contribution in [3.63, 3.8) is 0 Å². The Morgan fingerprint density at radius 3 is 1.83 bits per heavy atom. The zero-order valence-corrected chi connectivity index (χ0v) is 9.79. The molecule has 12 heavy (non-hydrogen) atoms. The summed E-state index contributed by atoms with van der Waals surface area (Å²) in [6.45, 7) is 0. The third-order valence-corrected chi connectivity index (χ3v) is 1.43. The first-order valence-electron chi connectivity index (χ1n) is 3.43. The van der Waals surface area contributed by atoms with Gasteiger partial charge in [0.05, 0.1) is 0 Å². The minimum Gasteiger partial charge on any atom is -0.214 e. The maximum Gasteiger partial charge on any atom is 2.00 e. The summed E-state index contributed by atoms with van der Waals surface area (Å²) < 4.78 is 0. The first kappa shape index (κ1) is 11.9. The minimum absolute atomic E-state index is 0. The molecule has 0 spiro atoms. The molecule has 2 aromatic carbocycles. The maximum absolute atomic E-state index is 5.46. The van der Waals surface area contributed by atoms with E-state index in [0.29, 0.717) is 0 Å². The van der Waals surface area contributed by atoms with Crippen LogP contribution in [0, 0.1) is 0 Å². The Labute approximate surface area is 97.0 Å².